The van der Waals surface area contributed by atoms with E-state index in [4.69, 9.17) is 9.53 Å². The molecule has 2 aromatic carbocycles. The summed E-state index contributed by atoms with van der Waals surface area (Å²) in [7, 11) is -2.08. The molecule has 37 heavy (non-hydrogen) atoms. The van der Waals surface area contributed by atoms with Gasteiger partial charge in [-0.1, -0.05) is 32.9 Å². The number of hydrogen-bond donors (Lipinski definition) is 1. The molecule has 6 nitrogen and oxygen atoms in total. The molecule has 0 radical (unpaired) electrons. The Kier molecular flexibility index (Phi) is 10.6. The first-order chi connectivity index (χ1) is 16.7. The lowest BCUT2D eigenvalue weighted by Crippen LogP contribution is -2.43. The number of carbonyl (C=O) groups excluding carboxylic acids is 2. The summed E-state index contributed by atoms with van der Waals surface area (Å²) >= 11 is 0. The summed E-state index contributed by atoms with van der Waals surface area (Å²) in [6, 6.07) is 11.0. The molecule has 13 heteroatoms. The van der Waals surface area contributed by atoms with E-state index in [0.29, 0.717) is 5.75 Å². The van der Waals surface area contributed by atoms with Crippen LogP contribution >= 0.6 is 0 Å². The number of ether oxygens (including phenoxy) is 2. The molecule has 0 saturated heterocycles. The van der Waals surface area contributed by atoms with Crippen LogP contribution in [0.4, 0.5) is 26.3 Å². The molecule has 0 bridgehead atoms. The van der Waals surface area contributed by atoms with Gasteiger partial charge in [-0.2, -0.15) is 26.3 Å². The Hall–Kier alpha value is -3.22. The third-order valence-corrected chi connectivity index (χ3v) is 9.42. The number of esters is 2. The summed E-state index contributed by atoms with van der Waals surface area (Å²) in [6.45, 7) is 7.06. The summed E-state index contributed by atoms with van der Waals surface area (Å²) in [4.78, 5) is 22.6. The lowest BCUT2D eigenvalue weighted by Gasteiger charge is -2.36. The van der Waals surface area contributed by atoms with E-state index in [0.717, 1.165) is 6.07 Å². The van der Waals surface area contributed by atoms with Crippen LogP contribution in [-0.2, 0) is 9.47 Å². The molecule has 0 aromatic heterocycles. The fourth-order valence-corrected chi connectivity index (χ4v) is 3.25. The number of phenols is 1. The molecular formula is C24H28F6O6Si. The molecular weight excluding hydrogens is 526 g/mol. The van der Waals surface area contributed by atoms with Gasteiger partial charge in [0.25, 0.3) is 0 Å². The Bertz CT molecular complexity index is 1060. The van der Waals surface area contributed by atoms with E-state index >= 15 is 0 Å². The number of aromatic hydroxyl groups is 1. The Morgan fingerprint density at radius 1 is 0.784 bits per heavy atom. The third kappa shape index (κ3) is 12.0. The fourth-order valence-electron chi connectivity index (χ4n) is 2.23. The molecule has 0 aliphatic carbocycles. The zero-order chi connectivity index (χ0) is 28.7. The molecule has 0 unspecified atom stereocenters. The van der Waals surface area contributed by atoms with Gasteiger partial charge in [-0.3, -0.25) is 0 Å². The van der Waals surface area contributed by atoms with Crippen LogP contribution in [-0.4, -0.2) is 50.9 Å². The Labute approximate surface area is 211 Å². The number of halogens is 6. The van der Waals surface area contributed by atoms with Crippen LogP contribution in [0, 0.1) is 0 Å². The maximum atomic E-state index is 12.1. The van der Waals surface area contributed by atoms with Gasteiger partial charge in [0, 0.05) is 0 Å². The monoisotopic (exact) mass is 554 g/mol. The van der Waals surface area contributed by atoms with E-state index in [1.807, 2.05) is 13.1 Å². The quantitative estimate of drug-likeness (QED) is 0.238. The second-order valence-corrected chi connectivity index (χ2v) is 14.0. The predicted molar refractivity (Wildman–Crippen MR) is 125 cm³/mol. The van der Waals surface area contributed by atoms with Crippen LogP contribution in [0.2, 0.25) is 18.1 Å². The number of benzene rings is 2. The average Bonchev–Trinajstić information content (AvgIpc) is 2.74. The van der Waals surface area contributed by atoms with Crippen LogP contribution in [0.25, 0.3) is 0 Å². The van der Waals surface area contributed by atoms with Gasteiger partial charge < -0.3 is 19.0 Å². The van der Waals surface area contributed by atoms with Crippen molar-refractivity contribution in [2.45, 2.75) is 51.3 Å². The minimum Gasteiger partial charge on any atom is -0.543 e. The Morgan fingerprint density at radius 2 is 1.22 bits per heavy atom. The van der Waals surface area contributed by atoms with Gasteiger partial charge in [0.1, 0.15) is 11.5 Å². The highest BCUT2D eigenvalue weighted by atomic mass is 28.4. The average molecular weight is 555 g/mol. The highest BCUT2D eigenvalue weighted by Gasteiger charge is 2.39. The van der Waals surface area contributed by atoms with Crippen LogP contribution in [0.15, 0.2) is 48.5 Å². The first-order valence-corrected chi connectivity index (χ1v) is 13.7. The maximum Gasteiger partial charge on any atom is 0.422 e. The van der Waals surface area contributed by atoms with Crippen molar-refractivity contribution in [3.63, 3.8) is 0 Å². The topological polar surface area (TPSA) is 82.1 Å². The summed E-state index contributed by atoms with van der Waals surface area (Å²) in [5, 5.41) is 8.93. The molecule has 1 N–H and O–H groups in total. The smallest absolute Gasteiger partial charge is 0.422 e. The fraction of sp³-hybridized carbons (Fsp3) is 0.417. The number of rotatable bonds is 6. The minimum absolute atomic E-state index is 0.0280. The third-order valence-electron chi connectivity index (χ3n) is 5.06. The van der Waals surface area contributed by atoms with Crippen LogP contribution in [0.1, 0.15) is 41.5 Å². The predicted octanol–water partition coefficient (Wildman–Crippen LogP) is 6.90. The van der Waals surface area contributed by atoms with Crippen LogP contribution in [0.5, 0.6) is 11.5 Å². The van der Waals surface area contributed by atoms with Crippen LogP contribution in [0.3, 0.4) is 0 Å². The van der Waals surface area contributed by atoms with E-state index in [-0.39, 0.29) is 21.9 Å². The van der Waals surface area contributed by atoms with Crippen molar-refractivity contribution in [2.24, 2.45) is 0 Å². The summed E-state index contributed by atoms with van der Waals surface area (Å²) in [6.07, 6.45) is -9.09. The first-order valence-electron chi connectivity index (χ1n) is 10.8. The number of alkyl halides is 6. The molecule has 2 aromatic rings. The second kappa shape index (κ2) is 12.3. The zero-order valence-corrected chi connectivity index (χ0v) is 21.8. The molecule has 2 rings (SSSR count). The second-order valence-electron chi connectivity index (χ2n) is 9.32. The van der Waals surface area contributed by atoms with Crippen molar-refractivity contribution in [2.75, 3.05) is 13.2 Å². The lowest BCUT2D eigenvalue weighted by atomic mass is 10.2. The van der Waals surface area contributed by atoms with Gasteiger partial charge in [0.05, 0.1) is 11.1 Å². The molecule has 0 spiro atoms. The summed E-state index contributed by atoms with van der Waals surface area (Å²) in [5.41, 5.74) is -0.0836. The maximum absolute atomic E-state index is 12.1. The minimum atomic E-state index is -4.55. The molecule has 0 heterocycles. The molecule has 0 aliphatic heterocycles. The van der Waals surface area contributed by atoms with Gasteiger partial charge in [0.2, 0.25) is 8.32 Å². The molecule has 0 amide bonds. The van der Waals surface area contributed by atoms with Gasteiger partial charge in [-0.25, -0.2) is 9.59 Å². The Balaban J connectivity index is 0.000000397. The van der Waals surface area contributed by atoms with E-state index in [1.54, 1.807) is 12.1 Å². The van der Waals surface area contributed by atoms with E-state index < -0.39 is 45.8 Å². The van der Waals surface area contributed by atoms with Crippen molar-refractivity contribution in [3.8, 4) is 11.5 Å². The van der Waals surface area contributed by atoms with Crippen LogP contribution < -0.4 is 4.43 Å². The van der Waals surface area contributed by atoms with Crippen molar-refractivity contribution in [1.29, 1.82) is 0 Å². The van der Waals surface area contributed by atoms with E-state index in [9.17, 15) is 35.9 Å². The number of phenolic OH excluding ortho intramolecular Hbond substituents is 1. The van der Waals surface area contributed by atoms with Gasteiger partial charge in [0.15, 0.2) is 13.2 Å². The first kappa shape index (κ1) is 31.8. The number of carbonyl (C=O) groups is 2. The molecule has 206 valence electrons. The van der Waals surface area contributed by atoms with Crippen molar-refractivity contribution >= 4 is 20.3 Å². The highest BCUT2D eigenvalue weighted by Crippen LogP contribution is 2.37. The molecule has 0 aliphatic rings. The van der Waals surface area contributed by atoms with E-state index in [1.165, 1.54) is 30.3 Å². The molecule has 0 saturated carbocycles. The van der Waals surface area contributed by atoms with Crippen molar-refractivity contribution in [1.82, 2.24) is 0 Å². The Morgan fingerprint density at radius 3 is 1.62 bits per heavy atom. The normalized spacial score (nSPS) is 12.2. The summed E-state index contributed by atoms with van der Waals surface area (Å²) < 4.78 is 85.5. The van der Waals surface area contributed by atoms with Gasteiger partial charge >= 0.3 is 24.3 Å². The molecule has 0 atom stereocenters. The van der Waals surface area contributed by atoms with Crippen molar-refractivity contribution < 1.29 is 54.9 Å². The van der Waals surface area contributed by atoms with Gasteiger partial charge in [-0.05, 0) is 54.5 Å². The number of hydrogen-bond acceptors (Lipinski definition) is 6. The highest BCUT2D eigenvalue weighted by molar-refractivity contribution is 6.74. The summed E-state index contributed by atoms with van der Waals surface area (Å²) in [5.74, 6) is -1.88. The lowest BCUT2D eigenvalue weighted by molar-refractivity contribution is -0.161. The SMILES string of the molecule is CC(C)(C)[Si](C)(C)Oc1cccc(C(=O)OCC(F)(F)F)c1.O=C(OCC(F)(F)F)c1cccc(O)c1. The molecule has 0 fully saturated rings. The standard InChI is InChI=1S/C15H21F3O3Si.C9H7F3O3/c1-14(2,3)22(4,5)21-12-8-6-7-11(9-12)13(19)20-10-15(16,17)18;10-9(11,12)5-15-8(14)6-2-1-3-7(13)4-6/h6-9H,10H2,1-5H3;1-4,13H,5H2. The van der Waals surface area contributed by atoms with Crippen molar-refractivity contribution in [3.05, 3.63) is 59.7 Å². The largest absolute Gasteiger partial charge is 0.543 e. The van der Waals surface area contributed by atoms with Gasteiger partial charge in [-0.15, -0.1) is 0 Å². The zero-order valence-electron chi connectivity index (χ0n) is 20.8. The van der Waals surface area contributed by atoms with E-state index in [2.05, 4.69) is 30.2 Å².